The predicted molar refractivity (Wildman–Crippen MR) is 82.0 cm³/mol. The summed E-state index contributed by atoms with van der Waals surface area (Å²) < 4.78 is 45.5. The highest BCUT2D eigenvalue weighted by Gasteiger charge is 2.20. The fraction of sp³-hybridized carbons (Fsp3) is 0.143. The molecule has 21 heavy (non-hydrogen) atoms. The second-order valence-electron chi connectivity index (χ2n) is 4.13. The van der Waals surface area contributed by atoms with E-state index < -0.39 is 15.8 Å². The van der Waals surface area contributed by atoms with Crippen molar-refractivity contribution < 1.29 is 17.5 Å². The Morgan fingerprint density at radius 3 is 2.62 bits per heavy atom. The van der Waals surface area contributed by atoms with Crippen LogP contribution in [0.25, 0.3) is 0 Å². The lowest BCUT2D eigenvalue weighted by molar-refractivity contribution is 0.401. The first-order valence-electron chi connectivity index (χ1n) is 5.96. The molecule has 0 bridgehead atoms. The third kappa shape index (κ3) is 3.68. The maximum Gasteiger partial charge on any atom is 0.265 e. The summed E-state index contributed by atoms with van der Waals surface area (Å²) in [5, 5.41) is 0. The molecule has 0 aliphatic heterocycles. The Balaban J connectivity index is 2.40. The van der Waals surface area contributed by atoms with E-state index in [0.29, 0.717) is 5.69 Å². The second kappa shape index (κ2) is 6.36. The zero-order valence-electron chi connectivity index (χ0n) is 11.5. The van der Waals surface area contributed by atoms with Gasteiger partial charge in [0.1, 0.15) is 16.5 Å². The molecule has 0 saturated heterocycles. The summed E-state index contributed by atoms with van der Waals surface area (Å²) in [4.78, 5) is 0.681. The molecule has 0 aromatic heterocycles. The van der Waals surface area contributed by atoms with Crippen LogP contribution in [-0.4, -0.2) is 21.8 Å². The summed E-state index contributed by atoms with van der Waals surface area (Å²) in [5.74, 6) is -0.557. The van der Waals surface area contributed by atoms with Crippen molar-refractivity contribution in [1.29, 1.82) is 0 Å². The molecule has 0 amide bonds. The van der Waals surface area contributed by atoms with Crippen LogP contribution < -0.4 is 9.46 Å². The number of ether oxygens (including phenoxy) is 1. The minimum Gasteiger partial charge on any atom is -0.495 e. The summed E-state index contributed by atoms with van der Waals surface area (Å²) >= 11 is 1.50. The molecule has 2 aromatic carbocycles. The molecule has 7 heteroatoms. The van der Waals surface area contributed by atoms with Crippen LogP contribution in [0.15, 0.2) is 52.3 Å². The Bertz CT molecular complexity index is 748. The summed E-state index contributed by atoms with van der Waals surface area (Å²) in [6.07, 6.45) is 1.89. The van der Waals surface area contributed by atoms with Crippen molar-refractivity contribution in [1.82, 2.24) is 0 Å². The monoisotopic (exact) mass is 327 g/mol. The van der Waals surface area contributed by atoms with Crippen molar-refractivity contribution in [3.8, 4) is 5.75 Å². The van der Waals surface area contributed by atoms with Crippen molar-refractivity contribution >= 4 is 27.5 Å². The zero-order chi connectivity index (χ0) is 15.5. The maximum atomic E-state index is 13.3. The second-order valence-corrected chi connectivity index (χ2v) is 6.66. The van der Waals surface area contributed by atoms with Gasteiger partial charge in [-0.1, -0.05) is 6.07 Å². The van der Waals surface area contributed by atoms with Crippen LogP contribution in [0.1, 0.15) is 0 Å². The van der Waals surface area contributed by atoms with E-state index in [1.165, 1.54) is 24.9 Å². The summed E-state index contributed by atoms with van der Waals surface area (Å²) in [6, 6.07) is 10.3. The van der Waals surface area contributed by atoms with E-state index in [-0.39, 0.29) is 10.6 Å². The quantitative estimate of drug-likeness (QED) is 0.856. The van der Waals surface area contributed by atoms with Gasteiger partial charge in [0, 0.05) is 10.6 Å². The first-order chi connectivity index (χ1) is 9.96. The molecule has 0 heterocycles. The first-order valence-corrected chi connectivity index (χ1v) is 8.67. The van der Waals surface area contributed by atoms with E-state index >= 15 is 0 Å². The van der Waals surface area contributed by atoms with Crippen LogP contribution in [0.5, 0.6) is 5.75 Å². The smallest absolute Gasteiger partial charge is 0.265 e. The lowest BCUT2D eigenvalue weighted by Crippen LogP contribution is -2.14. The first kappa shape index (κ1) is 15.7. The van der Waals surface area contributed by atoms with Gasteiger partial charge in [-0.3, -0.25) is 4.72 Å². The van der Waals surface area contributed by atoms with E-state index in [1.807, 2.05) is 12.3 Å². The largest absolute Gasteiger partial charge is 0.495 e. The normalized spacial score (nSPS) is 11.2. The van der Waals surface area contributed by atoms with E-state index in [1.54, 1.807) is 18.2 Å². The van der Waals surface area contributed by atoms with E-state index in [4.69, 9.17) is 4.74 Å². The van der Waals surface area contributed by atoms with Gasteiger partial charge in [0.2, 0.25) is 0 Å². The van der Waals surface area contributed by atoms with Crippen LogP contribution in [0.3, 0.4) is 0 Å². The third-order valence-corrected chi connectivity index (χ3v) is 4.86. The van der Waals surface area contributed by atoms with E-state index in [9.17, 15) is 12.8 Å². The molecule has 0 fully saturated rings. The van der Waals surface area contributed by atoms with Crippen molar-refractivity contribution in [3.05, 3.63) is 48.3 Å². The summed E-state index contributed by atoms with van der Waals surface area (Å²) in [6.45, 7) is 0. The average Bonchev–Trinajstić information content (AvgIpc) is 2.47. The minimum absolute atomic E-state index is 0.0879. The Labute approximate surface area is 127 Å². The van der Waals surface area contributed by atoms with Gasteiger partial charge >= 0.3 is 0 Å². The highest BCUT2D eigenvalue weighted by molar-refractivity contribution is 7.98. The molecular weight excluding hydrogens is 313 g/mol. The van der Waals surface area contributed by atoms with Crippen molar-refractivity contribution in [3.63, 3.8) is 0 Å². The SMILES string of the molecule is COc1ccc(F)cc1S(=O)(=O)Nc1cccc(SC)c1. The fourth-order valence-electron chi connectivity index (χ4n) is 1.76. The molecule has 1 N–H and O–H groups in total. The number of nitrogens with one attached hydrogen (secondary N) is 1. The summed E-state index contributed by atoms with van der Waals surface area (Å²) in [7, 11) is -2.59. The van der Waals surface area contributed by atoms with Crippen LogP contribution >= 0.6 is 11.8 Å². The number of benzene rings is 2. The number of methoxy groups -OCH3 is 1. The highest BCUT2D eigenvalue weighted by atomic mass is 32.2. The molecule has 0 aliphatic rings. The molecule has 0 aliphatic carbocycles. The van der Waals surface area contributed by atoms with Gasteiger partial charge in [0.15, 0.2) is 0 Å². The molecule has 0 spiro atoms. The molecular formula is C14H14FNO3S2. The number of rotatable bonds is 5. The Hall–Kier alpha value is -1.73. The van der Waals surface area contributed by atoms with Crippen molar-refractivity contribution in [2.75, 3.05) is 18.1 Å². The number of halogens is 1. The van der Waals surface area contributed by atoms with Gasteiger partial charge in [0.05, 0.1) is 7.11 Å². The molecule has 0 saturated carbocycles. The number of anilines is 1. The zero-order valence-corrected chi connectivity index (χ0v) is 13.1. The number of hydrogen-bond donors (Lipinski definition) is 1. The lowest BCUT2D eigenvalue weighted by atomic mass is 10.3. The van der Waals surface area contributed by atoms with Gasteiger partial charge in [-0.25, -0.2) is 12.8 Å². The molecule has 2 rings (SSSR count). The molecule has 2 aromatic rings. The van der Waals surface area contributed by atoms with Crippen LogP contribution in [0.2, 0.25) is 0 Å². The van der Waals surface area contributed by atoms with Crippen molar-refractivity contribution in [2.24, 2.45) is 0 Å². The summed E-state index contributed by atoms with van der Waals surface area (Å²) in [5.41, 5.74) is 0.410. The van der Waals surface area contributed by atoms with Gasteiger partial charge in [-0.2, -0.15) is 0 Å². The standard InChI is InChI=1S/C14H14FNO3S2/c1-19-13-7-6-10(15)8-14(13)21(17,18)16-11-4-3-5-12(9-11)20-2/h3-9,16H,1-2H3. The number of hydrogen-bond acceptors (Lipinski definition) is 4. The molecule has 112 valence electrons. The third-order valence-electron chi connectivity index (χ3n) is 2.74. The Morgan fingerprint density at radius 1 is 1.19 bits per heavy atom. The molecule has 0 atom stereocenters. The van der Waals surface area contributed by atoms with Gasteiger partial charge in [0.25, 0.3) is 10.0 Å². The molecule has 0 unspecified atom stereocenters. The average molecular weight is 327 g/mol. The topological polar surface area (TPSA) is 55.4 Å². The van der Waals surface area contributed by atoms with Crippen LogP contribution in [0.4, 0.5) is 10.1 Å². The number of sulfonamides is 1. The van der Waals surface area contributed by atoms with Crippen molar-refractivity contribution in [2.45, 2.75) is 9.79 Å². The van der Waals surface area contributed by atoms with Gasteiger partial charge in [-0.05, 0) is 42.7 Å². The van der Waals surface area contributed by atoms with E-state index in [2.05, 4.69) is 4.72 Å². The maximum absolute atomic E-state index is 13.3. The van der Waals surface area contributed by atoms with Crippen LogP contribution in [-0.2, 0) is 10.0 Å². The Morgan fingerprint density at radius 2 is 1.95 bits per heavy atom. The minimum atomic E-state index is -3.93. The fourth-order valence-corrected chi connectivity index (χ4v) is 3.45. The molecule has 0 radical (unpaired) electrons. The lowest BCUT2D eigenvalue weighted by Gasteiger charge is -2.12. The molecule has 4 nitrogen and oxygen atoms in total. The van der Waals surface area contributed by atoms with Gasteiger partial charge < -0.3 is 4.74 Å². The number of thioether (sulfide) groups is 1. The Kier molecular flexibility index (Phi) is 4.74. The van der Waals surface area contributed by atoms with E-state index in [0.717, 1.165) is 17.0 Å². The highest BCUT2D eigenvalue weighted by Crippen LogP contribution is 2.27. The predicted octanol–water partition coefficient (Wildman–Crippen LogP) is 3.36. The van der Waals surface area contributed by atoms with Gasteiger partial charge in [-0.15, -0.1) is 11.8 Å². The van der Waals surface area contributed by atoms with Crippen LogP contribution in [0, 0.1) is 5.82 Å².